The minimum atomic E-state index is -1.29. The van der Waals surface area contributed by atoms with Crippen molar-refractivity contribution >= 4 is 11.6 Å². The van der Waals surface area contributed by atoms with E-state index in [2.05, 4.69) is 0 Å². The van der Waals surface area contributed by atoms with Crippen molar-refractivity contribution in [1.82, 2.24) is 0 Å². The molecule has 0 fully saturated rings. The summed E-state index contributed by atoms with van der Waals surface area (Å²) in [5.74, 6) is -0.750. The van der Waals surface area contributed by atoms with Gasteiger partial charge in [-0.3, -0.25) is 14.9 Å². The molecule has 0 aromatic heterocycles. The van der Waals surface area contributed by atoms with Crippen LogP contribution in [0.1, 0.15) is 0 Å². The van der Waals surface area contributed by atoms with E-state index in [4.69, 9.17) is 15.2 Å². The van der Waals surface area contributed by atoms with Gasteiger partial charge in [0.2, 0.25) is 5.75 Å². The van der Waals surface area contributed by atoms with Gasteiger partial charge in [0.1, 0.15) is 0 Å². The molecule has 2 rings (SSSR count). The number of fused-ring (bicyclic) bond motifs is 1. The molecule has 1 aromatic rings. The fourth-order valence-electron chi connectivity index (χ4n) is 1.22. The Morgan fingerprint density at radius 1 is 1.47 bits per heavy atom. The molecule has 0 aliphatic carbocycles. The van der Waals surface area contributed by atoms with Crippen molar-refractivity contribution in [3.8, 4) is 11.5 Å². The van der Waals surface area contributed by atoms with Crippen molar-refractivity contribution in [2.24, 2.45) is 5.73 Å². The first-order valence-corrected chi connectivity index (χ1v) is 3.99. The predicted octanol–water partition coefficient (Wildman–Crippen LogP) is 0.177. The van der Waals surface area contributed by atoms with Gasteiger partial charge in [-0.25, -0.2) is 0 Å². The molecule has 0 saturated carbocycles. The van der Waals surface area contributed by atoms with E-state index in [9.17, 15) is 14.9 Å². The second kappa shape index (κ2) is 3.12. The Hall–Kier alpha value is -2.31. The summed E-state index contributed by atoms with van der Waals surface area (Å²) in [6, 6.07) is 4.15. The lowest BCUT2D eigenvalue weighted by Gasteiger charge is -2.03. The number of carbonyl (C=O) groups is 1. The van der Waals surface area contributed by atoms with E-state index in [0.717, 1.165) is 0 Å². The van der Waals surface area contributed by atoms with Gasteiger partial charge in [-0.2, -0.15) is 0 Å². The normalized spacial score (nSPS) is 17.5. The summed E-state index contributed by atoms with van der Waals surface area (Å²) < 4.78 is 9.88. The number of benzene rings is 1. The molecule has 7 heteroatoms. The zero-order valence-corrected chi connectivity index (χ0v) is 7.38. The number of para-hydroxylation sites is 1. The molecule has 2 N–H and O–H groups in total. The molecule has 0 spiro atoms. The molecular weight excluding hydrogens is 204 g/mol. The van der Waals surface area contributed by atoms with E-state index in [1.807, 2.05) is 0 Å². The van der Waals surface area contributed by atoms with Crippen LogP contribution in [0.3, 0.4) is 0 Å². The van der Waals surface area contributed by atoms with Crippen LogP contribution in [0.2, 0.25) is 0 Å². The summed E-state index contributed by atoms with van der Waals surface area (Å²) in [6.45, 7) is 0. The maximum Gasteiger partial charge on any atom is 0.321 e. The highest BCUT2D eigenvalue weighted by Gasteiger charge is 2.34. The van der Waals surface area contributed by atoms with Gasteiger partial charge in [-0.15, -0.1) is 0 Å². The summed E-state index contributed by atoms with van der Waals surface area (Å²) in [5, 5.41) is 10.6. The van der Waals surface area contributed by atoms with Crippen LogP contribution in [0.5, 0.6) is 11.5 Å². The molecule has 1 atom stereocenters. The molecule has 15 heavy (non-hydrogen) atoms. The van der Waals surface area contributed by atoms with E-state index >= 15 is 0 Å². The number of rotatable bonds is 2. The van der Waals surface area contributed by atoms with E-state index in [0.29, 0.717) is 0 Å². The molecule has 1 heterocycles. The molecule has 7 nitrogen and oxygen atoms in total. The molecule has 0 radical (unpaired) electrons. The van der Waals surface area contributed by atoms with Crippen molar-refractivity contribution in [2.45, 2.75) is 6.29 Å². The maximum absolute atomic E-state index is 10.8. The van der Waals surface area contributed by atoms with Gasteiger partial charge >= 0.3 is 12.0 Å². The third kappa shape index (κ3) is 1.43. The minimum Gasteiger partial charge on any atom is -0.442 e. The van der Waals surface area contributed by atoms with E-state index in [1.54, 1.807) is 0 Å². The summed E-state index contributed by atoms with van der Waals surface area (Å²) in [5.41, 5.74) is 4.69. The Balaban J connectivity index is 2.41. The fraction of sp³-hybridized carbons (Fsp3) is 0.125. The van der Waals surface area contributed by atoms with Crippen molar-refractivity contribution in [2.75, 3.05) is 0 Å². The number of nitro groups is 1. The number of nitro benzene ring substituents is 1. The van der Waals surface area contributed by atoms with Gasteiger partial charge in [-0.1, -0.05) is 6.07 Å². The quantitative estimate of drug-likeness (QED) is 0.553. The lowest BCUT2D eigenvalue weighted by molar-refractivity contribution is -0.385. The van der Waals surface area contributed by atoms with Crippen LogP contribution in [0.4, 0.5) is 5.69 Å². The van der Waals surface area contributed by atoms with Gasteiger partial charge in [0.15, 0.2) is 5.75 Å². The van der Waals surface area contributed by atoms with Gasteiger partial charge in [0.25, 0.3) is 5.91 Å². The van der Waals surface area contributed by atoms with Crippen LogP contribution in [0.15, 0.2) is 18.2 Å². The second-order valence-electron chi connectivity index (χ2n) is 2.83. The number of primary amides is 1. The number of nitrogens with two attached hydrogens (primary N) is 1. The lowest BCUT2D eigenvalue weighted by atomic mass is 10.3. The monoisotopic (exact) mass is 210 g/mol. The summed E-state index contributed by atoms with van der Waals surface area (Å²) in [7, 11) is 0. The number of nitrogens with zero attached hydrogens (tertiary/aromatic N) is 1. The highest BCUT2D eigenvalue weighted by Crippen LogP contribution is 2.41. The Morgan fingerprint density at radius 2 is 2.20 bits per heavy atom. The highest BCUT2D eigenvalue weighted by molar-refractivity contribution is 5.79. The lowest BCUT2D eigenvalue weighted by Crippen LogP contribution is -2.35. The van der Waals surface area contributed by atoms with E-state index < -0.39 is 17.1 Å². The van der Waals surface area contributed by atoms with Crippen LogP contribution >= 0.6 is 0 Å². The Morgan fingerprint density at radius 3 is 2.80 bits per heavy atom. The SMILES string of the molecule is NC(=O)C1Oc2cccc([N+](=O)[O-])c2O1. The summed E-state index contributed by atoms with van der Waals surface area (Å²) >= 11 is 0. The third-order valence-electron chi connectivity index (χ3n) is 1.85. The molecule has 0 saturated heterocycles. The molecule has 0 bridgehead atoms. The average Bonchev–Trinajstić information content (AvgIpc) is 2.60. The molecule has 1 aromatic carbocycles. The minimum absolute atomic E-state index is 0.0636. The molecular formula is C8H6N2O5. The van der Waals surface area contributed by atoms with Crippen molar-refractivity contribution in [3.05, 3.63) is 28.3 Å². The third-order valence-corrected chi connectivity index (χ3v) is 1.85. The highest BCUT2D eigenvalue weighted by atomic mass is 16.7. The van der Waals surface area contributed by atoms with Gasteiger partial charge in [0, 0.05) is 6.07 Å². The number of amides is 1. The van der Waals surface area contributed by atoms with E-state index in [1.165, 1.54) is 18.2 Å². The smallest absolute Gasteiger partial charge is 0.321 e. The number of hydrogen-bond donors (Lipinski definition) is 1. The van der Waals surface area contributed by atoms with Gasteiger partial charge < -0.3 is 15.2 Å². The number of carbonyl (C=O) groups excluding carboxylic acids is 1. The molecule has 78 valence electrons. The van der Waals surface area contributed by atoms with Crippen LogP contribution in [-0.4, -0.2) is 17.1 Å². The Kier molecular flexibility index (Phi) is 1.93. The Labute approximate surface area is 83.5 Å². The largest absolute Gasteiger partial charge is 0.442 e. The predicted molar refractivity (Wildman–Crippen MR) is 47.3 cm³/mol. The molecule has 1 aliphatic rings. The molecule has 1 aliphatic heterocycles. The molecule has 1 unspecified atom stereocenters. The first kappa shape index (κ1) is 9.25. The van der Waals surface area contributed by atoms with Crippen molar-refractivity contribution in [3.63, 3.8) is 0 Å². The zero-order valence-electron chi connectivity index (χ0n) is 7.38. The first-order chi connectivity index (χ1) is 7.09. The van der Waals surface area contributed by atoms with Crippen LogP contribution in [0.25, 0.3) is 0 Å². The van der Waals surface area contributed by atoms with Crippen molar-refractivity contribution < 1.29 is 19.2 Å². The topological polar surface area (TPSA) is 105 Å². The van der Waals surface area contributed by atoms with E-state index in [-0.39, 0.29) is 17.2 Å². The van der Waals surface area contributed by atoms with Crippen LogP contribution in [-0.2, 0) is 4.79 Å². The zero-order chi connectivity index (χ0) is 11.0. The second-order valence-corrected chi connectivity index (χ2v) is 2.83. The van der Waals surface area contributed by atoms with Crippen LogP contribution in [0, 0.1) is 10.1 Å². The fourth-order valence-corrected chi connectivity index (χ4v) is 1.22. The number of hydrogen-bond acceptors (Lipinski definition) is 5. The first-order valence-electron chi connectivity index (χ1n) is 3.99. The van der Waals surface area contributed by atoms with Gasteiger partial charge in [-0.05, 0) is 6.07 Å². The standard InChI is InChI=1S/C8H6N2O5/c9-7(11)8-14-5-3-1-2-4(10(12)13)6(5)15-8/h1-3,8H,(H2,9,11). The summed E-state index contributed by atoms with van der Waals surface area (Å²) in [6.07, 6.45) is -1.29. The number of ether oxygens (including phenoxy) is 2. The Bertz CT molecular complexity index is 445. The van der Waals surface area contributed by atoms with Crippen molar-refractivity contribution in [1.29, 1.82) is 0 Å². The molecule has 1 amide bonds. The maximum atomic E-state index is 10.8. The summed E-state index contributed by atoms with van der Waals surface area (Å²) in [4.78, 5) is 20.7. The van der Waals surface area contributed by atoms with Gasteiger partial charge in [0.05, 0.1) is 4.92 Å². The van der Waals surface area contributed by atoms with Crippen LogP contribution < -0.4 is 15.2 Å². The average molecular weight is 210 g/mol.